The zero-order chi connectivity index (χ0) is 19.0. The lowest BCUT2D eigenvalue weighted by Gasteiger charge is -2.13. The van der Waals surface area contributed by atoms with Crippen LogP contribution in [0.4, 0.5) is 11.6 Å². The van der Waals surface area contributed by atoms with Crippen molar-refractivity contribution in [2.24, 2.45) is 4.99 Å². The van der Waals surface area contributed by atoms with Gasteiger partial charge in [-0.25, -0.2) is 4.99 Å². The minimum atomic E-state index is -0.153. The summed E-state index contributed by atoms with van der Waals surface area (Å²) in [5, 5.41) is 3.43. The predicted octanol–water partition coefficient (Wildman–Crippen LogP) is 5.15. The average molecular weight is 446 g/mol. The van der Waals surface area contributed by atoms with Crippen LogP contribution in [0.5, 0.6) is 0 Å². The third-order valence-corrected chi connectivity index (χ3v) is 6.28. The summed E-state index contributed by atoms with van der Waals surface area (Å²) in [6.45, 7) is 6.10. The molecule has 1 amide bonds. The molecule has 0 atom stereocenters. The first kappa shape index (κ1) is 18.4. The van der Waals surface area contributed by atoms with Crippen LogP contribution in [0.1, 0.15) is 29.7 Å². The molecule has 1 N–H and O–H groups in total. The quantitative estimate of drug-likeness (QED) is 0.663. The Kier molecular flexibility index (Phi) is 5.14. The lowest BCUT2D eigenvalue weighted by atomic mass is 10.1. The highest BCUT2D eigenvalue weighted by molar-refractivity contribution is 9.10. The molecule has 4 rings (SSSR count). The molecule has 2 fully saturated rings. The number of rotatable bonds is 3. The fourth-order valence-corrected chi connectivity index (χ4v) is 4.53. The number of aryl methyl sites for hydroxylation is 1. The molecule has 2 aliphatic heterocycles. The number of amidine groups is 1. The highest BCUT2D eigenvalue weighted by atomic mass is 79.9. The molecule has 0 spiro atoms. The van der Waals surface area contributed by atoms with Crippen LogP contribution < -0.4 is 10.2 Å². The Labute approximate surface area is 171 Å². The predicted molar refractivity (Wildman–Crippen MR) is 115 cm³/mol. The number of benzene rings is 1. The van der Waals surface area contributed by atoms with Gasteiger partial charge in [-0.05, 0) is 71.6 Å². The van der Waals surface area contributed by atoms with E-state index in [1.807, 2.05) is 25.1 Å². The molecule has 7 heteroatoms. The van der Waals surface area contributed by atoms with Crippen LogP contribution in [0, 0.1) is 13.8 Å². The van der Waals surface area contributed by atoms with Crippen LogP contribution in [0.25, 0.3) is 6.08 Å². The van der Waals surface area contributed by atoms with Gasteiger partial charge in [0.1, 0.15) is 5.76 Å². The van der Waals surface area contributed by atoms with Gasteiger partial charge in [-0.1, -0.05) is 12.1 Å². The highest BCUT2D eigenvalue weighted by Crippen LogP contribution is 2.35. The molecule has 3 heterocycles. The molecule has 2 aliphatic rings. The summed E-state index contributed by atoms with van der Waals surface area (Å²) >= 11 is 4.90. The third-order valence-electron chi connectivity index (χ3n) is 4.80. The summed E-state index contributed by atoms with van der Waals surface area (Å²) in [6.07, 6.45) is 4.13. The van der Waals surface area contributed by atoms with Gasteiger partial charge in [-0.3, -0.25) is 4.79 Å². The van der Waals surface area contributed by atoms with Crippen molar-refractivity contribution < 1.29 is 9.21 Å². The first-order chi connectivity index (χ1) is 13.0. The molecule has 0 radical (unpaired) electrons. The molecule has 0 aliphatic carbocycles. The Balaban J connectivity index is 1.56. The Bertz CT molecular complexity index is 958. The number of aliphatic imine (C=N–C) groups is 1. The average Bonchev–Trinajstić information content (AvgIpc) is 3.34. The van der Waals surface area contributed by atoms with Gasteiger partial charge < -0.3 is 14.6 Å². The number of anilines is 1. The van der Waals surface area contributed by atoms with Crippen molar-refractivity contribution >= 4 is 56.4 Å². The normalized spacial score (nSPS) is 20.1. The van der Waals surface area contributed by atoms with Gasteiger partial charge in [-0.15, -0.1) is 0 Å². The van der Waals surface area contributed by atoms with E-state index >= 15 is 0 Å². The van der Waals surface area contributed by atoms with Crippen molar-refractivity contribution in [2.75, 3.05) is 18.0 Å². The van der Waals surface area contributed by atoms with E-state index in [0.717, 1.165) is 34.7 Å². The van der Waals surface area contributed by atoms with Crippen LogP contribution in [0.3, 0.4) is 0 Å². The Hall–Kier alpha value is -1.99. The van der Waals surface area contributed by atoms with Crippen LogP contribution >= 0.6 is 27.7 Å². The van der Waals surface area contributed by atoms with Crippen LogP contribution in [-0.4, -0.2) is 24.2 Å². The highest BCUT2D eigenvalue weighted by Gasteiger charge is 2.25. The monoisotopic (exact) mass is 445 g/mol. The second kappa shape index (κ2) is 7.56. The maximum absolute atomic E-state index is 12.3. The first-order valence-electron chi connectivity index (χ1n) is 8.91. The van der Waals surface area contributed by atoms with Crippen molar-refractivity contribution in [2.45, 2.75) is 26.7 Å². The number of amides is 1. The molecule has 27 heavy (non-hydrogen) atoms. The number of thioether (sulfide) groups is 1. The van der Waals surface area contributed by atoms with Crippen LogP contribution in [0.15, 0.2) is 43.1 Å². The summed E-state index contributed by atoms with van der Waals surface area (Å²) in [5.41, 5.74) is 3.16. The van der Waals surface area contributed by atoms with Gasteiger partial charge in [-0.2, -0.15) is 0 Å². The summed E-state index contributed by atoms with van der Waals surface area (Å²) < 4.78 is 6.89. The van der Waals surface area contributed by atoms with Gasteiger partial charge in [0.15, 0.2) is 5.17 Å². The zero-order valence-electron chi connectivity index (χ0n) is 15.2. The van der Waals surface area contributed by atoms with Crippen molar-refractivity contribution in [1.29, 1.82) is 0 Å². The molecular weight excluding hydrogens is 426 g/mol. The number of nitrogens with one attached hydrogen (secondary N) is 1. The molecule has 0 unspecified atom stereocenters. The van der Waals surface area contributed by atoms with Gasteiger partial charge in [0, 0.05) is 25.2 Å². The van der Waals surface area contributed by atoms with Crippen molar-refractivity contribution in [3.8, 4) is 0 Å². The molecule has 1 aromatic carbocycles. The summed E-state index contributed by atoms with van der Waals surface area (Å²) in [5.74, 6) is 1.35. The number of halogens is 1. The molecule has 140 valence electrons. The van der Waals surface area contributed by atoms with E-state index in [2.05, 4.69) is 44.1 Å². The van der Waals surface area contributed by atoms with E-state index in [4.69, 9.17) is 4.42 Å². The summed E-state index contributed by atoms with van der Waals surface area (Å²) in [6, 6.07) is 7.89. The Morgan fingerprint density at radius 1 is 1.30 bits per heavy atom. The van der Waals surface area contributed by atoms with Crippen molar-refractivity contribution in [1.82, 2.24) is 5.32 Å². The smallest absolute Gasteiger partial charge is 0.264 e. The lowest BCUT2D eigenvalue weighted by molar-refractivity contribution is -0.115. The molecule has 0 bridgehead atoms. The fourth-order valence-electron chi connectivity index (χ4n) is 3.16. The Morgan fingerprint density at radius 2 is 2.07 bits per heavy atom. The molecule has 5 nitrogen and oxygen atoms in total. The largest absolute Gasteiger partial charge is 0.440 e. The van der Waals surface area contributed by atoms with Crippen molar-refractivity contribution in [3.63, 3.8) is 0 Å². The SMILES string of the molecule is Cc1cccc(N=C2NC(=O)/C(=C/c3cc(Br)c(N4CCCC4)o3)S2)c1C. The van der Waals surface area contributed by atoms with E-state index in [1.54, 1.807) is 6.08 Å². The molecule has 0 saturated carbocycles. The number of carbonyl (C=O) groups is 1. The van der Waals surface area contributed by atoms with E-state index in [-0.39, 0.29) is 5.91 Å². The topological polar surface area (TPSA) is 57.8 Å². The number of furan rings is 1. The second-order valence-corrected chi connectivity index (χ2v) is 8.58. The lowest BCUT2D eigenvalue weighted by Crippen LogP contribution is -2.19. The van der Waals surface area contributed by atoms with E-state index in [9.17, 15) is 4.79 Å². The minimum Gasteiger partial charge on any atom is -0.440 e. The fraction of sp³-hybridized carbons (Fsp3) is 0.300. The van der Waals surface area contributed by atoms with E-state index in [0.29, 0.717) is 15.8 Å². The van der Waals surface area contributed by atoms with Gasteiger partial charge in [0.25, 0.3) is 5.91 Å². The second-order valence-electron chi connectivity index (χ2n) is 6.70. The van der Waals surface area contributed by atoms with Crippen molar-refractivity contribution in [3.05, 3.63) is 50.5 Å². The van der Waals surface area contributed by atoms with Crippen LogP contribution in [-0.2, 0) is 4.79 Å². The third kappa shape index (κ3) is 3.84. The molecule has 2 aromatic rings. The maximum atomic E-state index is 12.3. The van der Waals surface area contributed by atoms with Gasteiger partial charge in [0.2, 0.25) is 5.88 Å². The summed E-state index contributed by atoms with van der Waals surface area (Å²) in [4.78, 5) is 19.7. The zero-order valence-corrected chi connectivity index (χ0v) is 17.6. The van der Waals surface area contributed by atoms with E-state index < -0.39 is 0 Å². The summed E-state index contributed by atoms with van der Waals surface area (Å²) in [7, 11) is 0. The molecule has 1 aromatic heterocycles. The number of nitrogens with zero attached hydrogens (tertiary/aromatic N) is 2. The molecule has 2 saturated heterocycles. The number of hydrogen-bond acceptors (Lipinski definition) is 5. The standard InChI is InChI=1S/C20H20BrN3O2S/c1-12-6-5-7-16(13(12)2)22-20-23-18(25)17(27-20)11-14-10-15(21)19(26-14)24-8-3-4-9-24/h5-7,10-11H,3-4,8-9H2,1-2H3,(H,22,23,25)/b17-11-. The molecular formula is C20H20BrN3O2S. The maximum Gasteiger partial charge on any atom is 0.264 e. The Morgan fingerprint density at radius 3 is 2.85 bits per heavy atom. The number of carbonyl (C=O) groups excluding carboxylic acids is 1. The minimum absolute atomic E-state index is 0.153. The van der Waals surface area contributed by atoms with E-state index in [1.165, 1.54) is 30.2 Å². The van der Waals surface area contributed by atoms with Crippen LogP contribution in [0.2, 0.25) is 0 Å². The number of hydrogen-bond donors (Lipinski definition) is 1. The van der Waals surface area contributed by atoms with Gasteiger partial charge in [0.05, 0.1) is 15.1 Å². The van der Waals surface area contributed by atoms with Gasteiger partial charge >= 0.3 is 0 Å². The first-order valence-corrected chi connectivity index (χ1v) is 10.5.